The number of rotatable bonds is 21. The monoisotopic (exact) mass is 745 g/mol. The van der Waals surface area contributed by atoms with E-state index in [9.17, 15) is 24.0 Å². The number of aliphatic imine (C=N–C) groups is 1. The van der Waals surface area contributed by atoms with Crippen molar-refractivity contribution in [2.75, 3.05) is 26.2 Å². The highest BCUT2D eigenvalue weighted by Crippen LogP contribution is 2.33. The second-order valence-electron chi connectivity index (χ2n) is 12.5. The first kappa shape index (κ1) is 41.4. The Hall–Kier alpha value is -4.06. The smallest absolute Gasteiger partial charge is 0.266 e. The van der Waals surface area contributed by atoms with Crippen molar-refractivity contribution < 1.29 is 28.7 Å². The number of carbonyl (C=O) groups is 5. The van der Waals surface area contributed by atoms with Crippen LogP contribution in [0.1, 0.15) is 87.1 Å². The summed E-state index contributed by atoms with van der Waals surface area (Å²) in [6, 6.07) is 3.64. The van der Waals surface area contributed by atoms with Crippen LogP contribution in [0.5, 0.6) is 0 Å². The summed E-state index contributed by atoms with van der Waals surface area (Å²) in [5.41, 5.74) is 23.0. The van der Waals surface area contributed by atoms with Gasteiger partial charge in [-0.2, -0.15) is 0 Å². The molecule has 5 amide bonds. The van der Waals surface area contributed by atoms with E-state index in [1.54, 1.807) is 35.2 Å². The number of ether oxygens (including phenoxy) is 1. The molecule has 17 heteroatoms. The normalized spacial score (nSPS) is 18.3. The maximum absolute atomic E-state index is 13.6. The Balaban J connectivity index is 1.72. The molecule has 1 aromatic rings. The molecule has 2 saturated heterocycles. The zero-order valence-electron chi connectivity index (χ0n) is 29.1. The summed E-state index contributed by atoms with van der Waals surface area (Å²) in [7, 11) is 0. The highest BCUT2D eigenvalue weighted by molar-refractivity contribution is 8.26. The predicted molar refractivity (Wildman–Crippen MR) is 202 cm³/mol. The summed E-state index contributed by atoms with van der Waals surface area (Å²) in [6.45, 7) is 3.68. The number of nitrogens with two attached hydrogens (primary N) is 4. The number of carbonyl (C=O) groups excluding carboxylic acids is 5. The van der Waals surface area contributed by atoms with Crippen molar-refractivity contribution in [3.05, 3.63) is 40.3 Å². The van der Waals surface area contributed by atoms with Crippen molar-refractivity contribution >= 4 is 69.9 Å². The minimum absolute atomic E-state index is 0.0222. The number of hydrogen-bond acceptors (Lipinski definition) is 10. The van der Waals surface area contributed by atoms with Gasteiger partial charge in [0.25, 0.3) is 11.8 Å². The van der Waals surface area contributed by atoms with E-state index in [0.29, 0.717) is 66.6 Å². The molecular formula is C34H51N9O6S2. The van der Waals surface area contributed by atoms with E-state index in [0.717, 1.165) is 19.3 Å². The predicted octanol–water partition coefficient (Wildman–Crippen LogP) is 0.993. The molecular weight excluding hydrogens is 695 g/mol. The number of benzene rings is 1. The van der Waals surface area contributed by atoms with Gasteiger partial charge in [-0.05, 0) is 81.7 Å². The molecule has 4 atom stereocenters. The van der Waals surface area contributed by atoms with Crippen LogP contribution in [0.2, 0.25) is 0 Å². The molecule has 0 aliphatic carbocycles. The summed E-state index contributed by atoms with van der Waals surface area (Å²) in [4.78, 5) is 71.4. The van der Waals surface area contributed by atoms with Gasteiger partial charge in [0.05, 0.1) is 17.6 Å². The Morgan fingerprint density at radius 3 is 2.24 bits per heavy atom. The molecule has 2 fully saturated rings. The summed E-state index contributed by atoms with van der Waals surface area (Å²) < 4.78 is 6.14. The lowest BCUT2D eigenvalue weighted by Crippen LogP contribution is -2.56. The third-order valence-corrected chi connectivity index (χ3v) is 9.79. The molecule has 0 radical (unpaired) electrons. The minimum Gasteiger partial charge on any atom is -0.376 e. The molecule has 2 aliphatic rings. The number of hydrogen-bond donors (Lipinski definition) is 7. The van der Waals surface area contributed by atoms with Crippen molar-refractivity contribution in [3.63, 3.8) is 0 Å². The van der Waals surface area contributed by atoms with Crippen molar-refractivity contribution in [2.45, 2.75) is 95.4 Å². The molecule has 280 valence electrons. The van der Waals surface area contributed by atoms with Gasteiger partial charge in [0.15, 0.2) is 5.96 Å². The van der Waals surface area contributed by atoms with Gasteiger partial charge in [-0.15, -0.1) is 0 Å². The molecule has 0 aromatic heterocycles. The Morgan fingerprint density at radius 2 is 1.63 bits per heavy atom. The molecule has 1 aromatic carbocycles. The summed E-state index contributed by atoms with van der Waals surface area (Å²) >= 11 is 6.66. The van der Waals surface area contributed by atoms with Crippen LogP contribution in [0, 0.1) is 0 Å². The third kappa shape index (κ3) is 13.5. The highest BCUT2D eigenvalue weighted by Gasteiger charge is 2.35. The van der Waals surface area contributed by atoms with E-state index >= 15 is 0 Å². The maximum Gasteiger partial charge on any atom is 0.266 e. The van der Waals surface area contributed by atoms with Crippen molar-refractivity contribution in [3.8, 4) is 0 Å². The van der Waals surface area contributed by atoms with Gasteiger partial charge < -0.3 is 43.6 Å². The second kappa shape index (κ2) is 21.3. The minimum atomic E-state index is -1.05. The zero-order chi connectivity index (χ0) is 37.3. The molecule has 3 rings (SSSR count). The number of guanidine groups is 1. The van der Waals surface area contributed by atoms with Gasteiger partial charge >= 0.3 is 0 Å². The lowest BCUT2D eigenvalue weighted by Gasteiger charge is -2.25. The number of primary amides is 1. The maximum atomic E-state index is 13.6. The molecule has 51 heavy (non-hydrogen) atoms. The average Bonchev–Trinajstić information content (AvgIpc) is 3.71. The van der Waals surface area contributed by atoms with Gasteiger partial charge in [0.2, 0.25) is 17.7 Å². The van der Waals surface area contributed by atoms with Crippen LogP contribution in [0.3, 0.4) is 0 Å². The van der Waals surface area contributed by atoms with Gasteiger partial charge in [-0.1, -0.05) is 55.9 Å². The molecule has 2 aliphatic heterocycles. The van der Waals surface area contributed by atoms with Crippen LogP contribution >= 0.6 is 24.0 Å². The van der Waals surface area contributed by atoms with E-state index in [1.165, 1.54) is 11.8 Å². The molecule has 0 bridgehead atoms. The van der Waals surface area contributed by atoms with Crippen LogP contribution < -0.4 is 38.9 Å². The molecule has 11 N–H and O–H groups in total. The Bertz CT molecular complexity index is 1450. The molecule has 15 nitrogen and oxygen atoms in total. The van der Waals surface area contributed by atoms with E-state index in [-0.39, 0.29) is 42.9 Å². The van der Waals surface area contributed by atoms with Gasteiger partial charge in [0, 0.05) is 18.7 Å². The number of unbranched alkanes of at least 4 members (excludes halogenated alkanes) is 2. The highest BCUT2D eigenvalue weighted by atomic mass is 32.2. The van der Waals surface area contributed by atoms with Crippen LogP contribution in [0.15, 0.2) is 34.2 Å². The second-order valence-corrected chi connectivity index (χ2v) is 14.2. The fraction of sp³-hybridized carbons (Fsp3) is 0.559. The van der Waals surface area contributed by atoms with Crippen LogP contribution in [-0.4, -0.2) is 95.2 Å². The average molecular weight is 746 g/mol. The zero-order valence-corrected chi connectivity index (χ0v) is 30.7. The fourth-order valence-corrected chi connectivity index (χ4v) is 6.82. The SMILES string of the molecule is CCCC[C@H](NC(=O)[C@H](CCCCN)NC(=O)[C@H](CCCN=C(N)N)NC(=O)c1ccc(/C=C2\SC(=S)N(CC3CCCO3)C2=O)cc1)C(N)=O. The van der Waals surface area contributed by atoms with Crippen LogP contribution in [0.4, 0.5) is 0 Å². The molecule has 1 unspecified atom stereocenters. The lowest BCUT2D eigenvalue weighted by molar-refractivity contribution is -0.132. The standard InChI is InChI=1S/C34H51N9O6S2/c1-2-3-9-24(28(36)44)40-30(46)25(10-4-5-16-35)42-31(47)26(11-6-17-39-33(37)38)41-29(45)22-14-12-21(13-15-22)19-27-32(48)43(34(50)51-27)20-23-8-7-18-49-23/h12-15,19,23-26H,2-11,16-18,20,35H2,1H3,(H2,36,44)(H,40,46)(H,41,45)(H,42,47)(H4,37,38,39)/b27-19-/t23?,24-,25-,26-/m0/s1. The number of nitrogens with one attached hydrogen (secondary N) is 3. The van der Waals surface area contributed by atoms with Gasteiger partial charge in [0.1, 0.15) is 22.4 Å². The topological polar surface area (TPSA) is 250 Å². The number of nitrogens with zero attached hydrogens (tertiary/aromatic N) is 2. The number of thiocarbonyl (C=S) groups is 1. The van der Waals surface area contributed by atoms with Crippen LogP contribution in [0.25, 0.3) is 6.08 Å². The summed E-state index contributed by atoms with van der Waals surface area (Å²) in [5, 5.41) is 8.20. The van der Waals surface area contributed by atoms with Gasteiger partial charge in [-0.3, -0.25) is 33.9 Å². The lowest BCUT2D eigenvalue weighted by atomic mass is 10.0. The Kier molecular flexibility index (Phi) is 17.3. The Labute approximate surface area is 308 Å². The molecule has 0 saturated carbocycles. The number of amides is 5. The third-order valence-electron chi connectivity index (χ3n) is 8.41. The van der Waals surface area contributed by atoms with E-state index in [2.05, 4.69) is 20.9 Å². The summed E-state index contributed by atoms with van der Waals surface area (Å²) in [6.07, 6.45) is 7.34. The summed E-state index contributed by atoms with van der Waals surface area (Å²) in [5.74, 6) is -2.61. The van der Waals surface area contributed by atoms with Crippen molar-refractivity contribution in [2.24, 2.45) is 27.9 Å². The number of thioether (sulfide) groups is 1. The molecule has 0 spiro atoms. The van der Waals surface area contributed by atoms with E-state index < -0.39 is 41.8 Å². The quantitative estimate of drug-likeness (QED) is 0.0307. The largest absolute Gasteiger partial charge is 0.376 e. The van der Waals surface area contributed by atoms with Gasteiger partial charge in [-0.25, -0.2) is 0 Å². The Morgan fingerprint density at radius 1 is 0.980 bits per heavy atom. The molecule has 2 heterocycles. The van der Waals surface area contributed by atoms with Crippen molar-refractivity contribution in [1.82, 2.24) is 20.9 Å². The first-order chi connectivity index (χ1) is 24.4. The van der Waals surface area contributed by atoms with E-state index in [4.69, 9.17) is 39.9 Å². The van der Waals surface area contributed by atoms with E-state index in [1.807, 2.05) is 6.92 Å². The first-order valence-electron chi connectivity index (χ1n) is 17.4. The van der Waals surface area contributed by atoms with Crippen molar-refractivity contribution in [1.29, 1.82) is 0 Å². The first-order valence-corrected chi connectivity index (χ1v) is 18.6. The fourth-order valence-electron chi connectivity index (χ4n) is 5.55. The van der Waals surface area contributed by atoms with Crippen LogP contribution in [-0.2, 0) is 23.9 Å².